The maximum atomic E-state index is 11.8. The highest BCUT2D eigenvalue weighted by Crippen LogP contribution is 2.27. The number of aryl methyl sites for hydroxylation is 1. The second kappa shape index (κ2) is 8.74. The van der Waals surface area contributed by atoms with Crippen molar-refractivity contribution in [2.24, 2.45) is 0 Å². The highest BCUT2D eigenvalue weighted by molar-refractivity contribution is 7.12. The van der Waals surface area contributed by atoms with E-state index in [2.05, 4.69) is 12.2 Å². The molecule has 20 heavy (non-hydrogen) atoms. The molecule has 1 aromatic heterocycles. The summed E-state index contributed by atoms with van der Waals surface area (Å²) >= 11 is 1.15. The van der Waals surface area contributed by atoms with Gasteiger partial charge in [-0.1, -0.05) is 39.0 Å². The van der Waals surface area contributed by atoms with Crippen molar-refractivity contribution in [2.75, 3.05) is 5.32 Å². The summed E-state index contributed by atoms with van der Waals surface area (Å²) in [6.07, 6.45) is 7.24. The van der Waals surface area contributed by atoms with Crippen LogP contribution >= 0.6 is 11.3 Å². The number of amides is 1. The number of nitrogens with one attached hydrogen (secondary N) is 1. The topological polar surface area (TPSA) is 66.4 Å². The van der Waals surface area contributed by atoms with Crippen LogP contribution in [-0.2, 0) is 4.79 Å². The summed E-state index contributed by atoms with van der Waals surface area (Å²) in [4.78, 5) is 23.1. The van der Waals surface area contributed by atoms with Crippen molar-refractivity contribution in [3.05, 3.63) is 15.8 Å². The van der Waals surface area contributed by atoms with E-state index in [0.717, 1.165) is 29.7 Å². The van der Waals surface area contributed by atoms with Crippen LogP contribution in [0.4, 0.5) is 5.69 Å². The third kappa shape index (κ3) is 5.33. The van der Waals surface area contributed by atoms with Crippen molar-refractivity contribution in [1.82, 2.24) is 0 Å². The van der Waals surface area contributed by atoms with Gasteiger partial charge in [-0.2, -0.15) is 0 Å². The Labute approximate surface area is 124 Å². The van der Waals surface area contributed by atoms with E-state index in [-0.39, 0.29) is 10.8 Å². The largest absolute Gasteiger partial charge is 0.477 e. The van der Waals surface area contributed by atoms with E-state index < -0.39 is 5.97 Å². The van der Waals surface area contributed by atoms with E-state index in [0.29, 0.717) is 12.1 Å². The van der Waals surface area contributed by atoms with Gasteiger partial charge in [0.05, 0.1) is 5.69 Å². The number of carboxylic acid groups (broad SMARTS) is 1. The van der Waals surface area contributed by atoms with Crippen LogP contribution in [0.5, 0.6) is 0 Å². The molecule has 1 rings (SSSR count). The standard InChI is InChI=1S/C15H23NO3S/c1-3-4-5-6-7-8-9-12(17)16-13-11(2)10-20-14(13)15(18)19/h10H,3-9H2,1-2H3,(H,16,17)(H,18,19). The summed E-state index contributed by atoms with van der Waals surface area (Å²) in [5, 5.41) is 13.5. The van der Waals surface area contributed by atoms with Gasteiger partial charge in [0.2, 0.25) is 5.91 Å². The molecule has 112 valence electrons. The molecule has 0 aliphatic heterocycles. The molecule has 0 fully saturated rings. The first-order valence-electron chi connectivity index (χ1n) is 7.17. The predicted molar refractivity (Wildman–Crippen MR) is 82.6 cm³/mol. The minimum absolute atomic E-state index is 0.0931. The second-order valence-electron chi connectivity index (χ2n) is 4.99. The Hall–Kier alpha value is -1.36. The van der Waals surface area contributed by atoms with Crippen LogP contribution < -0.4 is 5.32 Å². The molecule has 2 N–H and O–H groups in total. The van der Waals surface area contributed by atoms with Crippen LogP contribution in [-0.4, -0.2) is 17.0 Å². The van der Waals surface area contributed by atoms with E-state index in [9.17, 15) is 9.59 Å². The summed E-state index contributed by atoms with van der Waals surface area (Å²) in [7, 11) is 0. The SMILES string of the molecule is CCCCCCCCC(=O)Nc1c(C)csc1C(=O)O. The molecule has 5 heteroatoms. The zero-order valence-corrected chi connectivity index (χ0v) is 13.0. The Morgan fingerprint density at radius 2 is 1.85 bits per heavy atom. The smallest absolute Gasteiger partial charge is 0.348 e. The minimum atomic E-state index is -0.988. The molecular formula is C15H23NO3S. The molecule has 0 unspecified atom stereocenters. The lowest BCUT2D eigenvalue weighted by molar-refractivity contribution is -0.116. The molecule has 0 bridgehead atoms. The van der Waals surface area contributed by atoms with Gasteiger partial charge in [-0.05, 0) is 24.3 Å². The number of rotatable bonds is 9. The Bertz CT molecular complexity index is 454. The van der Waals surface area contributed by atoms with Gasteiger partial charge in [-0.25, -0.2) is 4.79 Å². The van der Waals surface area contributed by atoms with Gasteiger partial charge in [0.25, 0.3) is 0 Å². The average molecular weight is 297 g/mol. The van der Waals surface area contributed by atoms with Gasteiger partial charge in [0.15, 0.2) is 0 Å². The van der Waals surface area contributed by atoms with Crippen LogP contribution in [0.15, 0.2) is 5.38 Å². The molecular weight excluding hydrogens is 274 g/mol. The number of anilines is 1. The molecule has 0 atom stereocenters. The van der Waals surface area contributed by atoms with E-state index >= 15 is 0 Å². The molecule has 0 aromatic carbocycles. The van der Waals surface area contributed by atoms with Crippen LogP contribution in [0.3, 0.4) is 0 Å². The number of unbranched alkanes of at least 4 members (excludes halogenated alkanes) is 5. The van der Waals surface area contributed by atoms with E-state index in [1.165, 1.54) is 25.7 Å². The molecule has 1 aromatic rings. The first-order chi connectivity index (χ1) is 9.56. The maximum absolute atomic E-state index is 11.8. The Morgan fingerprint density at radius 1 is 1.20 bits per heavy atom. The minimum Gasteiger partial charge on any atom is -0.477 e. The zero-order valence-electron chi connectivity index (χ0n) is 12.2. The van der Waals surface area contributed by atoms with Gasteiger partial charge >= 0.3 is 5.97 Å². The van der Waals surface area contributed by atoms with Gasteiger partial charge in [-0.3, -0.25) is 4.79 Å². The van der Waals surface area contributed by atoms with E-state index in [4.69, 9.17) is 5.11 Å². The van der Waals surface area contributed by atoms with E-state index in [1.54, 1.807) is 5.38 Å². The van der Waals surface area contributed by atoms with E-state index in [1.807, 2.05) is 6.92 Å². The zero-order chi connectivity index (χ0) is 15.0. The highest BCUT2D eigenvalue weighted by atomic mass is 32.1. The summed E-state index contributed by atoms with van der Waals surface area (Å²) in [6, 6.07) is 0. The Kier molecular flexibility index (Phi) is 7.30. The lowest BCUT2D eigenvalue weighted by Gasteiger charge is -2.06. The second-order valence-corrected chi connectivity index (χ2v) is 5.87. The predicted octanol–water partition coefficient (Wildman–Crippen LogP) is 4.44. The number of thiophene rings is 1. The van der Waals surface area contributed by atoms with Gasteiger partial charge < -0.3 is 10.4 Å². The number of carboxylic acids is 1. The number of carbonyl (C=O) groups is 2. The lowest BCUT2D eigenvalue weighted by atomic mass is 10.1. The third-order valence-corrected chi connectivity index (χ3v) is 4.28. The molecule has 4 nitrogen and oxygen atoms in total. The fraction of sp³-hybridized carbons (Fsp3) is 0.600. The lowest BCUT2D eigenvalue weighted by Crippen LogP contribution is -2.13. The number of aromatic carboxylic acids is 1. The number of carbonyl (C=O) groups excluding carboxylic acids is 1. The molecule has 1 amide bonds. The quantitative estimate of drug-likeness (QED) is 0.662. The van der Waals surface area contributed by atoms with Crippen LogP contribution in [0.2, 0.25) is 0 Å². The molecule has 0 radical (unpaired) electrons. The summed E-state index contributed by atoms with van der Waals surface area (Å²) < 4.78 is 0. The molecule has 1 heterocycles. The molecule has 0 aliphatic rings. The molecule has 0 aliphatic carbocycles. The fourth-order valence-electron chi connectivity index (χ4n) is 2.02. The number of hydrogen-bond acceptors (Lipinski definition) is 3. The summed E-state index contributed by atoms with van der Waals surface area (Å²) in [5.74, 6) is -1.08. The van der Waals surface area contributed by atoms with Crippen molar-refractivity contribution in [1.29, 1.82) is 0 Å². The van der Waals surface area contributed by atoms with Crippen molar-refractivity contribution >= 4 is 28.9 Å². The van der Waals surface area contributed by atoms with Crippen molar-refractivity contribution in [3.8, 4) is 0 Å². The van der Waals surface area contributed by atoms with Crippen LogP contribution in [0.25, 0.3) is 0 Å². The molecule has 0 saturated heterocycles. The van der Waals surface area contributed by atoms with Crippen LogP contribution in [0.1, 0.15) is 67.1 Å². The highest BCUT2D eigenvalue weighted by Gasteiger charge is 2.16. The fourth-order valence-corrected chi connectivity index (χ4v) is 2.87. The van der Waals surface area contributed by atoms with Crippen molar-refractivity contribution < 1.29 is 14.7 Å². The third-order valence-electron chi connectivity index (χ3n) is 3.19. The molecule has 0 spiro atoms. The van der Waals surface area contributed by atoms with Gasteiger partial charge in [-0.15, -0.1) is 11.3 Å². The van der Waals surface area contributed by atoms with Crippen molar-refractivity contribution in [2.45, 2.75) is 58.8 Å². The maximum Gasteiger partial charge on any atom is 0.348 e. The first kappa shape index (κ1) is 16.7. The number of hydrogen-bond donors (Lipinski definition) is 2. The van der Waals surface area contributed by atoms with Crippen molar-refractivity contribution in [3.63, 3.8) is 0 Å². The van der Waals surface area contributed by atoms with Gasteiger partial charge in [0, 0.05) is 6.42 Å². The normalized spacial score (nSPS) is 10.5. The first-order valence-corrected chi connectivity index (χ1v) is 8.05. The monoisotopic (exact) mass is 297 g/mol. The Morgan fingerprint density at radius 3 is 2.50 bits per heavy atom. The van der Waals surface area contributed by atoms with Gasteiger partial charge in [0.1, 0.15) is 4.88 Å². The Balaban J connectivity index is 2.36. The summed E-state index contributed by atoms with van der Waals surface area (Å²) in [5.41, 5.74) is 1.27. The van der Waals surface area contributed by atoms with Crippen LogP contribution in [0, 0.1) is 6.92 Å². The summed E-state index contributed by atoms with van der Waals surface area (Å²) in [6.45, 7) is 3.99. The average Bonchev–Trinajstić information content (AvgIpc) is 2.75. The molecule has 0 saturated carbocycles.